The summed E-state index contributed by atoms with van der Waals surface area (Å²) in [5.41, 5.74) is 3.53. The number of benzene rings is 2. The van der Waals surface area contributed by atoms with Crippen molar-refractivity contribution >= 4 is 40.4 Å². The van der Waals surface area contributed by atoms with E-state index in [0.29, 0.717) is 11.3 Å². The average molecular weight is 381 g/mol. The highest BCUT2D eigenvalue weighted by Crippen LogP contribution is 2.31. The molecule has 0 unspecified atom stereocenters. The first kappa shape index (κ1) is 18.4. The van der Waals surface area contributed by atoms with Gasteiger partial charge in [-0.05, 0) is 36.0 Å². The second-order valence-electron chi connectivity index (χ2n) is 5.31. The number of esters is 1. The topological polar surface area (TPSA) is 88.1 Å². The zero-order valence-electron chi connectivity index (χ0n) is 14.3. The zero-order chi connectivity index (χ0) is 19.2. The number of para-hydroxylation sites is 1. The van der Waals surface area contributed by atoms with E-state index in [-0.39, 0.29) is 10.1 Å². The van der Waals surface area contributed by atoms with Gasteiger partial charge in [-0.15, -0.1) is 0 Å². The van der Waals surface area contributed by atoms with Gasteiger partial charge in [-0.25, -0.2) is 9.79 Å². The van der Waals surface area contributed by atoms with E-state index in [4.69, 9.17) is 0 Å². The molecule has 1 aliphatic rings. The van der Waals surface area contributed by atoms with E-state index in [0.717, 1.165) is 22.8 Å². The van der Waals surface area contributed by atoms with Crippen molar-refractivity contribution in [2.75, 3.05) is 7.11 Å². The van der Waals surface area contributed by atoms with Crippen molar-refractivity contribution in [3.63, 3.8) is 0 Å². The van der Waals surface area contributed by atoms with E-state index in [9.17, 15) is 14.4 Å². The predicted molar refractivity (Wildman–Crippen MR) is 102 cm³/mol. The zero-order valence-corrected chi connectivity index (χ0v) is 15.1. The number of aliphatic imine (C=N–C) groups is 1. The average Bonchev–Trinajstić information content (AvgIpc) is 2.98. The molecule has 136 valence electrons. The molecule has 7 nitrogen and oxygen atoms in total. The second kappa shape index (κ2) is 8.33. The van der Waals surface area contributed by atoms with Gasteiger partial charge in [0, 0.05) is 11.6 Å². The third-order valence-electron chi connectivity index (χ3n) is 3.49. The van der Waals surface area contributed by atoms with Crippen LogP contribution in [0.4, 0.5) is 5.69 Å². The Morgan fingerprint density at radius 1 is 1.07 bits per heavy atom. The molecule has 1 aliphatic heterocycles. The van der Waals surface area contributed by atoms with Gasteiger partial charge in [0.15, 0.2) is 5.17 Å². The van der Waals surface area contributed by atoms with Crippen LogP contribution < -0.4 is 5.43 Å². The summed E-state index contributed by atoms with van der Waals surface area (Å²) in [7, 11) is 1.22. The smallest absolute Gasteiger partial charge is 0.331 e. The summed E-state index contributed by atoms with van der Waals surface area (Å²) >= 11 is 0.975. The molecule has 0 atom stereocenters. The number of ether oxygens (including phenoxy) is 1. The fourth-order valence-electron chi connectivity index (χ4n) is 2.18. The summed E-state index contributed by atoms with van der Waals surface area (Å²) in [5.74, 6) is -1.70. The number of nitrogens with one attached hydrogen (secondary N) is 1. The predicted octanol–water partition coefficient (Wildman–Crippen LogP) is 2.65. The number of amides is 2. The number of thioether (sulfide) groups is 1. The lowest BCUT2D eigenvalue weighted by atomic mass is 10.2. The molecule has 0 radical (unpaired) electrons. The number of hydrazine groups is 1. The molecule has 8 heteroatoms. The molecule has 2 aromatic rings. The lowest BCUT2D eigenvalue weighted by Gasteiger charge is -2.16. The Kier molecular flexibility index (Phi) is 5.68. The number of hydrogen-bond acceptors (Lipinski definition) is 6. The quantitative estimate of drug-likeness (QED) is 0.650. The molecule has 1 fully saturated rings. The number of hydrogen-bond donors (Lipinski definition) is 1. The first-order chi connectivity index (χ1) is 13.1. The van der Waals surface area contributed by atoms with E-state index >= 15 is 0 Å². The molecule has 0 spiro atoms. The van der Waals surface area contributed by atoms with Gasteiger partial charge in [0.2, 0.25) is 0 Å². The van der Waals surface area contributed by atoms with Crippen LogP contribution in [0.5, 0.6) is 0 Å². The molecule has 27 heavy (non-hydrogen) atoms. The number of methoxy groups -OCH3 is 1. The minimum Gasteiger partial charge on any atom is -0.466 e. The summed E-state index contributed by atoms with van der Waals surface area (Å²) in [4.78, 5) is 41.1. The van der Waals surface area contributed by atoms with Crippen LogP contribution in [-0.4, -0.2) is 35.1 Å². The summed E-state index contributed by atoms with van der Waals surface area (Å²) in [6.45, 7) is 0. The van der Waals surface area contributed by atoms with Crippen molar-refractivity contribution in [2.45, 2.75) is 0 Å². The monoisotopic (exact) mass is 381 g/mol. The van der Waals surface area contributed by atoms with Gasteiger partial charge in [0.1, 0.15) is 0 Å². The van der Waals surface area contributed by atoms with Crippen molar-refractivity contribution in [1.82, 2.24) is 10.4 Å². The van der Waals surface area contributed by atoms with E-state index < -0.39 is 17.8 Å². The number of nitrogens with zero attached hydrogens (tertiary/aromatic N) is 2. The Morgan fingerprint density at radius 3 is 2.33 bits per heavy atom. The maximum Gasteiger partial charge on any atom is 0.331 e. The minimum atomic E-state index is -0.666. The fraction of sp³-hybridized carbons (Fsp3) is 0.0526. The van der Waals surface area contributed by atoms with Crippen molar-refractivity contribution < 1.29 is 19.1 Å². The van der Waals surface area contributed by atoms with Gasteiger partial charge in [0.05, 0.1) is 17.7 Å². The third-order valence-corrected chi connectivity index (χ3v) is 4.46. The van der Waals surface area contributed by atoms with Gasteiger partial charge in [-0.1, -0.05) is 36.4 Å². The van der Waals surface area contributed by atoms with Crippen molar-refractivity contribution in [2.24, 2.45) is 4.99 Å². The number of amidine groups is 1. The first-order valence-corrected chi connectivity index (χ1v) is 8.72. The molecule has 0 aromatic heterocycles. The number of carbonyl (C=O) groups excluding carboxylic acids is 3. The maximum absolute atomic E-state index is 12.7. The fourth-order valence-corrected chi connectivity index (χ4v) is 3.08. The van der Waals surface area contributed by atoms with Crippen LogP contribution in [-0.2, 0) is 14.3 Å². The van der Waals surface area contributed by atoms with Gasteiger partial charge in [0.25, 0.3) is 11.8 Å². The molecule has 1 heterocycles. The Labute approximate surface area is 159 Å². The Hall–Kier alpha value is -3.39. The first-order valence-electron chi connectivity index (χ1n) is 7.90. The Morgan fingerprint density at radius 2 is 1.70 bits per heavy atom. The minimum absolute atomic E-state index is 0.102. The van der Waals surface area contributed by atoms with Crippen LogP contribution >= 0.6 is 11.8 Å². The lowest BCUT2D eigenvalue weighted by Crippen LogP contribution is -2.45. The number of carbonyl (C=O) groups is 3. The van der Waals surface area contributed by atoms with Crippen LogP contribution in [0.1, 0.15) is 10.4 Å². The summed E-state index contributed by atoms with van der Waals surface area (Å²) in [5, 5.41) is 1.26. The molecule has 2 amide bonds. The van der Waals surface area contributed by atoms with Crippen molar-refractivity contribution in [1.29, 1.82) is 0 Å². The molecule has 1 N–H and O–H groups in total. The van der Waals surface area contributed by atoms with E-state index in [1.807, 2.05) is 6.07 Å². The molecule has 3 rings (SSSR count). The summed E-state index contributed by atoms with van der Waals surface area (Å²) in [6.07, 6.45) is 1.07. The van der Waals surface area contributed by atoms with Gasteiger partial charge in [-0.3, -0.25) is 15.0 Å². The van der Waals surface area contributed by atoms with E-state index in [1.54, 1.807) is 54.6 Å². The molecule has 0 aliphatic carbocycles. The molecular weight excluding hydrogens is 366 g/mol. The molecule has 0 bridgehead atoms. The normalized spacial score (nSPS) is 16.6. The molecule has 2 aromatic carbocycles. The van der Waals surface area contributed by atoms with Gasteiger partial charge < -0.3 is 4.74 Å². The van der Waals surface area contributed by atoms with Gasteiger partial charge >= 0.3 is 5.97 Å². The van der Waals surface area contributed by atoms with Crippen LogP contribution in [0, 0.1) is 0 Å². The molecule has 0 saturated carbocycles. The third kappa shape index (κ3) is 4.42. The van der Waals surface area contributed by atoms with Crippen LogP contribution in [0.15, 0.2) is 76.6 Å². The van der Waals surface area contributed by atoms with E-state index in [2.05, 4.69) is 15.2 Å². The molecular formula is C19H15N3O4S. The maximum atomic E-state index is 12.7. The van der Waals surface area contributed by atoms with Crippen molar-refractivity contribution in [3.8, 4) is 0 Å². The van der Waals surface area contributed by atoms with Crippen LogP contribution in [0.25, 0.3) is 0 Å². The largest absolute Gasteiger partial charge is 0.466 e. The summed E-state index contributed by atoms with van der Waals surface area (Å²) < 4.78 is 4.57. The highest BCUT2D eigenvalue weighted by atomic mass is 32.2. The highest BCUT2D eigenvalue weighted by molar-refractivity contribution is 8.18. The standard InChI is InChI=1S/C19H15N3O4S/c1-26-16(23)12-15-18(25)22(21-17(24)13-8-4-2-5-9-13)19(27-15)20-14-10-6-3-7-11-14/h2-12H,1H3,(H,21,24)/b15-12-,20-19?. The van der Waals surface area contributed by atoms with Crippen molar-refractivity contribution in [3.05, 3.63) is 77.2 Å². The van der Waals surface area contributed by atoms with Crippen LogP contribution in [0.3, 0.4) is 0 Å². The Bertz CT molecular complexity index is 926. The summed E-state index contributed by atoms with van der Waals surface area (Å²) in [6, 6.07) is 17.5. The van der Waals surface area contributed by atoms with Crippen LogP contribution in [0.2, 0.25) is 0 Å². The second-order valence-corrected chi connectivity index (χ2v) is 6.32. The molecule has 1 saturated heterocycles. The lowest BCUT2D eigenvalue weighted by molar-refractivity contribution is -0.135. The van der Waals surface area contributed by atoms with Gasteiger partial charge in [-0.2, -0.15) is 5.01 Å². The highest BCUT2D eigenvalue weighted by Gasteiger charge is 2.36. The SMILES string of the molecule is COC(=O)/C=C1\SC(=Nc2ccccc2)N(NC(=O)c2ccccc2)C1=O. The number of rotatable bonds is 4. The van der Waals surface area contributed by atoms with E-state index in [1.165, 1.54) is 7.11 Å². The Balaban J connectivity index is 1.92.